The highest BCUT2D eigenvalue weighted by Crippen LogP contribution is 2.44. The lowest BCUT2D eigenvalue weighted by molar-refractivity contribution is 0.00692. The number of carbonyl (C=O) groups excluding carboxylic acids is 2. The molecule has 2 aliphatic rings. The highest BCUT2D eigenvalue weighted by Gasteiger charge is 2.35. The van der Waals surface area contributed by atoms with E-state index in [1.54, 1.807) is 47.7 Å². The lowest BCUT2D eigenvalue weighted by atomic mass is 10.1. The van der Waals surface area contributed by atoms with Gasteiger partial charge in [-0.3, -0.25) is 0 Å². The quantitative estimate of drug-likeness (QED) is 0.483. The van der Waals surface area contributed by atoms with Crippen LogP contribution in [0.4, 0.5) is 22.0 Å². The molecule has 1 aromatic carbocycles. The number of aromatic nitrogens is 1. The third-order valence-corrected chi connectivity index (χ3v) is 5.74. The minimum Gasteiger partial charge on any atom is -0.486 e. The maximum Gasteiger partial charge on any atom is 0.420 e. The maximum absolute atomic E-state index is 13.6. The fraction of sp³-hybridized carbons (Fsp3) is 0.500. The van der Waals surface area contributed by atoms with E-state index in [-0.39, 0.29) is 17.2 Å². The summed E-state index contributed by atoms with van der Waals surface area (Å²) < 4.78 is 22.9. The van der Waals surface area contributed by atoms with Crippen LogP contribution in [0.5, 0.6) is 5.75 Å². The Morgan fingerprint density at radius 2 is 1.67 bits per heavy atom. The molecule has 194 valence electrons. The third kappa shape index (κ3) is 5.68. The topological polar surface area (TPSA) is 90.4 Å². The van der Waals surface area contributed by atoms with E-state index in [9.17, 15) is 9.59 Å². The van der Waals surface area contributed by atoms with Gasteiger partial charge in [0, 0.05) is 31.0 Å². The minimum absolute atomic E-state index is 0.107. The molecular formula is C26H32ClN3O6. The lowest BCUT2D eigenvalue weighted by Gasteiger charge is -2.32. The summed E-state index contributed by atoms with van der Waals surface area (Å²) in [6, 6.07) is 4.91. The molecule has 0 N–H and O–H groups in total. The summed E-state index contributed by atoms with van der Waals surface area (Å²) >= 11 is 6.48. The molecule has 36 heavy (non-hydrogen) atoms. The Labute approximate surface area is 216 Å². The first-order valence-corrected chi connectivity index (χ1v) is 12.3. The summed E-state index contributed by atoms with van der Waals surface area (Å²) in [5.74, 6) is 0.0764. The van der Waals surface area contributed by atoms with Gasteiger partial charge >= 0.3 is 12.1 Å². The lowest BCUT2D eigenvalue weighted by Crippen LogP contribution is -2.38. The van der Waals surface area contributed by atoms with Crippen LogP contribution in [0, 0.1) is 0 Å². The van der Waals surface area contributed by atoms with Crippen molar-refractivity contribution < 1.29 is 28.5 Å². The van der Waals surface area contributed by atoms with Crippen LogP contribution in [0.3, 0.4) is 0 Å². The second-order valence-corrected chi connectivity index (χ2v) is 11.0. The molecular weight excluding hydrogens is 486 g/mol. The van der Waals surface area contributed by atoms with Crippen molar-refractivity contribution in [3.63, 3.8) is 0 Å². The van der Waals surface area contributed by atoms with Gasteiger partial charge in [0.05, 0.1) is 35.1 Å². The van der Waals surface area contributed by atoms with Crippen LogP contribution in [-0.2, 0) is 20.8 Å². The molecule has 1 aromatic heterocycles. The molecule has 1 amide bonds. The van der Waals surface area contributed by atoms with Gasteiger partial charge < -0.3 is 23.8 Å². The van der Waals surface area contributed by atoms with Crippen molar-refractivity contribution in [1.82, 2.24) is 4.98 Å². The van der Waals surface area contributed by atoms with Gasteiger partial charge in [0.2, 0.25) is 0 Å². The molecule has 4 rings (SSSR count). The monoisotopic (exact) mass is 517 g/mol. The maximum atomic E-state index is 13.6. The second-order valence-electron chi connectivity index (χ2n) is 10.6. The molecule has 3 heterocycles. The summed E-state index contributed by atoms with van der Waals surface area (Å²) in [6.07, 6.45) is 0.996. The zero-order chi connectivity index (χ0) is 26.3. The predicted molar refractivity (Wildman–Crippen MR) is 137 cm³/mol. The fourth-order valence-corrected chi connectivity index (χ4v) is 4.21. The van der Waals surface area contributed by atoms with Crippen LogP contribution < -0.4 is 14.5 Å². The smallest absolute Gasteiger partial charge is 0.420 e. The molecule has 10 heteroatoms. The Hall–Kier alpha value is -3.04. The van der Waals surface area contributed by atoms with E-state index in [1.807, 2.05) is 6.07 Å². The Bertz CT molecular complexity index is 1170. The zero-order valence-corrected chi connectivity index (χ0v) is 22.3. The van der Waals surface area contributed by atoms with Crippen LogP contribution in [0.1, 0.15) is 57.5 Å². The number of halogens is 1. The Morgan fingerprint density at radius 1 is 1.00 bits per heavy atom. The highest BCUT2D eigenvalue weighted by molar-refractivity contribution is 6.34. The van der Waals surface area contributed by atoms with Crippen molar-refractivity contribution in [2.75, 3.05) is 36.1 Å². The summed E-state index contributed by atoms with van der Waals surface area (Å²) in [5, 5.41) is 0.152. The van der Waals surface area contributed by atoms with E-state index in [4.69, 9.17) is 30.5 Å². The van der Waals surface area contributed by atoms with Crippen LogP contribution >= 0.6 is 11.6 Å². The van der Waals surface area contributed by atoms with Crippen LogP contribution in [-0.4, -0.2) is 54.6 Å². The van der Waals surface area contributed by atoms with E-state index in [0.717, 1.165) is 11.3 Å². The molecule has 0 bridgehead atoms. The normalized spacial score (nSPS) is 15.9. The van der Waals surface area contributed by atoms with E-state index in [2.05, 4.69) is 9.88 Å². The Kier molecular flexibility index (Phi) is 7.07. The molecule has 0 unspecified atom stereocenters. The van der Waals surface area contributed by atoms with E-state index in [1.165, 1.54) is 17.0 Å². The number of anilines is 3. The van der Waals surface area contributed by atoms with Gasteiger partial charge in [-0.15, -0.1) is 0 Å². The number of benzene rings is 1. The van der Waals surface area contributed by atoms with E-state index >= 15 is 0 Å². The van der Waals surface area contributed by atoms with Gasteiger partial charge in [0.25, 0.3) is 0 Å². The van der Waals surface area contributed by atoms with E-state index in [0.29, 0.717) is 43.6 Å². The number of hydrogen-bond acceptors (Lipinski definition) is 8. The molecule has 2 aliphatic heterocycles. The number of nitrogens with zero attached hydrogens (tertiary/aromatic N) is 3. The Balaban J connectivity index is 1.87. The summed E-state index contributed by atoms with van der Waals surface area (Å²) in [5.41, 5.74) is 0.512. The highest BCUT2D eigenvalue weighted by atomic mass is 35.5. The first-order chi connectivity index (χ1) is 16.8. The molecule has 1 fully saturated rings. The van der Waals surface area contributed by atoms with Crippen molar-refractivity contribution in [1.29, 1.82) is 0 Å². The predicted octanol–water partition coefficient (Wildman–Crippen LogP) is 5.49. The number of ether oxygens (including phenoxy) is 4. The Morgan fingerprint density at radius 3 is 2.31 bits per heavy atom. The number of pyridine rings is 1. The number of esters is 1. The second kappa shape index (κ2) is 9.78. The van der Waals surface area contributed by atoms with Crippen molar-refractivity contribution in [3.05, 3.63) is 40.5 Å². The van der Waals surface area contributed by atoms with Gasteiger partial charge in [-0.05, 0) is 53.7 Å². The molecule has 9 nitrogen and oxygen atoms in total. The first kappa shape index (κ1) is 26.0. The first-order valence-electron chi connectivity index (χ1n) is 11.9. The number of carbonyl (C=O) groups is 2. The van der Waals surface area contributed by atoms with Crippen molar-refractivity contribution in [2.45, 2.75) is 59.4 Å². The molecule has 0 atom stereocenters. The number of hydrogen-bond donors (Lipinski definition) is 0. The average Bonchev–Trinajstić information content (AvgIpc) is 2.93. The number of rotatable bonds is 2. The van der Waals surface area contributed by atoms with Crippen LogP contribution in [0.15, 0.2) is 24.4 Å². The average molecular weight is 518 g/mol. The summed E-state index contributed by atoms with van der Waals surface area (Å²) in [4.78, 5) is 34.6. The SMILES string of the molecule is CC(C)(C)OC(=O)c1cc2c(cc1Cl)OCc1c(N3CCOCC3)ccnc1N2C(=O)OC(C)(C)C. The standard InChI is InChI=1S/C26H32ClN3O6/c1-25(2,3)35-23(31)16-13-20-21(14-18(16)27)34-15-17-19(29-9-11-33-12-10-29)7-8-28-22(17)30(20)24(32)36-26(4,5)6/h7-8,13-14H,9-12,15H2,1-6H3. The number of amides is 1. The third-order valence-electron chi connectivity index (χ3n) is 5.43. The van der Waals surface area contributed by atoms with Gasteiger partial charge in [-0.2, -0.15) is 0 Å². The van der Waals surface area contributed by atoms with Crippen molar-refractivity contribution >= 4 is 40.9 Å². The van der Waals surface area contributed by atoms with Gasteiger partial charge in [-0.1, -0.05) is 11.6 Å². The van der Waals surface area contributed by atoms with Crippen molar-refractivity contribution in [2.24, 2.45) is 0 Å². The van der Waals surface area contributed by atoms with Gasteiger partial charge in [-0.25, -0.2) is 19.5 Å². The van der Waals surface area contributed by atoms with Crippen molar-refractivity contribution in [3.8, 4) is 5.75 Å². The largest absolute Gasteiger partial charge is 0.486 e. The molecule has 1 saturated heterocycles. The minimum atomic E-state index is -0.771. The van der Waals surface area contributed by atoms with Crippen LogP contribution in [0.25, 0.3) is 0 Å². The number of morpholine rings is 1. The molecule has 2 aromatic rings. The zero-order valence-electron chi connectivity index (χ0n) is 21.5. The van der Waals surface area contributed by atoms with Gasteiger partial charge in [0.1, 0.15) is 23.6 Å². The number of fused-ring (bicyclic) bond motifs is 2. The molecule has 0 saturated carbocycles. The summed E-state index contributed by atoms with van der Waals surface area (Å²) in [7, 11) is 0. The molecule has 0 aliphatic carbocycles. The molecule has 0 spiro atoms. The van der Waals surface area contributed by atoms with Crippen LogP contribution in [0.2, 0.25) is 5.02 Å². The van der Waals surface area contributed by atoms with Gasteiger partial charge in [0.15, 0.2) is 5.82 Å². The fourth-order valence-electron chi connectivity index (χ4n) is 3.98. The summed E-state index contributed by atoms with van der Waals surface area (Å²) in [6.45, 7) is 13.4. The molecule has 0 radical (unpaired) electrons. The van der Waals surface area contributed by atoms with E-state index < -0.39 is 23.3 Å².